The highest BCUT2D eigenvalue weighted by Crippen LogP contribution is 2.38. The summed E-state index contributed by atoms with van der Waals surface area (Å²) in [5, 5.41) is 23.2. The lowest BCUT2D eigenvalue weighted by Crippen LogP contribution is -2.16. The molecule has 2 aromatic rings. The summed E-state index contributed by atoms with van der Waals surface area (Å²) >= 11 is 0. The van der Waals surface area contributed by atoms with Gasteiger partial charge in [-0.15, -0.1) is 0 Å². The molecule has 0 unspecified atom stereocenters. The molecule has 0 aliphatic heterocycles. The number of aromatic hydroxyl groups is 1. The molecule has 0 fully saturated rings. The van der Waals surface area contributed by atoms with Gasteiger partial charge in [-0.3, -0.25) is 15.5 Å². The molecule has 2 aromatic carbocycles. The van der Waals surface area contributed by atoms with E-state index in [1.165, 1.54) is 5.43 Å². The summed E-state index contributed by atoms with van der Waals surface area (Å²) in [5.74, 6) is -10.7. The molecule has 0 bridgehead atoms. The topological polar surface area (TPSA) is 87.8 Å². The minimum absolute atomic E-state index is 0.328. The van der Waals surface area contributed by atoms with Crippen molar-refractivity contribution in [3.63, 3.8) is 0 Å². The van der Waals surface area contributed by atoms with Crippen LogP contribution in [0.2, 0.25) is 0 Å². The Morgan fingerprint density at radius 2 is 1.63 bits per heavy atom. The van der Waals surface area contributed by atoms with Crippen molar-refractivity contribution in [2.45, 2.75) is 6.18 Å². The van der Waals surface area contributed by atoms with Crippen LogP contribution in [0.25, 0.3) is 0 Å². The number of phenolic OH excluding ortho intramolecular Hbond substituents is 1. The van der Waals surface area contributed by atoms with E-state index < -0.39 is 57.1 Å². The SMILES string of the molecule is O=[N+]([O-])c1ccc(O)c(/C=N/Nc2c(F)c(F)c(C(F)(F)F)c(F)c2F)c1. The molecule has 6 nitrogen and oxygen atoms in total. The third kappa shape index (κ3) is 3.91. The van der Waals surface area contributed by atoms with Crippen molar-refractivity contribution >= 4 is 17.6 Å². The quantitative estimate of drug-likeness (QED) is 0.264. The summed E-state index contributed by atoms with van der Waals surface area (Å²) < 4.78 is 91.6. The predicted molar refractivity (Wildman–Crippen MR) is 77.3 cm³/mol. The smallest absolute Gasteiger partial charge is 0.422 e. The summed E-state index contributed by atoms with van der Waals surface area (Å²) in [6.07, 6.45) is -5.10. The number of rotatable bonds is 4. The van der Waals surface area contributed by atoms with Gasteiger partial charge in [-0.2, -0.15) is 18.3 Å². The van der Waals surface area contributed by atoms with Crippen LogP contribution in [-0.4, -0.2) is 16.2 Å². The monoisotopic (exact) mass is 397 g/mol. The number of anilines is 1. The Morgan fingerprint density at radius 1 is 1.07 bits per heavy atom. The van der Waals surface area contributed by atoms with Crippen LogP contribution in [0.4, 0.5) is 42.1 Å². The molecule has 0 spiro atoms. The zero-order valence-electron chi connectivity index (χ0n) is 12.6. The number of hydrazone groups is 1. The van der Waals surface area contributed by atoms with Crippen molar-refractivity contribution in [1.82, 2.24) is 0 Å². The highest BCUT2D eigenvalue weighted by atomic mass is 19.4. The molecule has 0 aliphatic carbocycles. The summed E-state index contributed by atoms with van der Waals surface area (Å²) in [6.45, 7) is 0. The molecule has 0 amide bonds. The summed E-state index contributed by atoms with van der Waals surface area (Å²) in [5.41, 5.74) is -3.77. The van der Waals surface area contributed by atoms with Crippen molar-refractivity contribution in [3.05, 3.63) is 62.7 Å². The molecule has 0 atom stereocenters. The van der Waals surface area contributed by atoms with Crippen LogP contribution >= 0.6 is 0 Å². The Labute approximate surface area is 144 Å². The van der Waals surface area contributed by atoms with Crippen molar-refractivity contribution in [2.75, 3.05) is 5.43 Å². The van der Waals surface area contributed by atoms with Gasteiger partial charge in [-0.25, -0.2) is 17.6 Å². The fourth-order valence-electron chi connectivity index (χ4n) is 1.90. The number of non-ortho nitro benzene ring substituents is 1. The number of halogens is 7. The van der Waals surface area contributed by atoms with Crippen LogP contribution < -0.4 is 5.43 Å². The van der Waals surface area contributed by atoms with Crippen LogP contribution in [-0.2, 0) is 6.18 Å². The number of benzene rings is 2. The summed E-state index contributed by atoms with van der Waals surface area (Å²) in [4.78, 5) is 9.80. The van der Waals surface area contributed by atoms with Crippen LogP contribution in [0, 0.1) is 33.4 Å². The van der Waals surface area contributed by atoms with E-state index in [0.717, 1.165) is 18.2 Å². The molecular weight excluding hydrogens is 391 g/mol. The van der Waals surface area contributed by atoms with E-state index in [9.17, 15) is 46.0 Å². The number of hydrogen-bond acceptors (Lipinski definition) is 5. The molecule has 13 heteroatoms. The molecular formula is C14H6F7N3O3. The van der Waals surface area contributed by atoms with Crippen molar-refractivity contribution in [3.8, 4) is 5.75 Å². The van der Waals surface area contributed by atoms with E-state index in [-0.39, 0.29) is 5.56 Å². The average molecular weight is 397 g/mol. The first-order valence-corrected chi connectivity index (χ1v) is 6.64. The maximum atomic E-state index is 13.7. The van der Waals surface area contributed by atoms with Gasteiger partial charge in [-0.05, 0) is 6.07 Å². The molecule has 2 N–H and O–H groups in total. The minimum atomic E-state index is -5.69. The zero-order valence-corrected chi connectivity index (χ0v) is 12.6. The maximum absolute atomic E-state index is 13.7. The first-order chi connectivity index (χ1) is 12.4. The lowest BCUT2D eigenvalue weighted by molar-refractivity contribution is -0.384. The highest BCUT2D eigenvalue weighted by Gasteiger charge is 2.42. The summed E-state index contributed by atoms with van der Waals surface area (Å²) in [6, 6.07) is 2.64. The van der Waals surface area contributed by atoms with E-state index in [1.807, 2.05) is 0 Å². The molecule has 0 radical (unpaired) electrons. The molecule has 0 aliphatic rings. The molecule has 0 aromatic heterocycles. The van der Waals surface area contributed by atoms with E-state index in [2.05, 4.69) is 5.10 Å². The van der Waals surface area contributed by atoms with Crippen LogP contribution in [0.1, 0.15) is 11.1 Å². The van der Waals surface area contributed by atoms with Gasteiger partial charge in [0.05, 0.1) is 11.1 Å². The van der Waals surface area contributed by atoms with Gasteiger partial charge in [0.1, 0.15) is 17.0 Å². The number of nitro groups is 1. The van der Waals surface area contributed by atoms with Gasteiger partial charge in [-0.1, -0.05) is 0 Å². The molecule has 27 heavy (non-hydrogen) atoms. The third-order valence-corrected chi connectivity index (χ3v) is 3.15. The zero-order chi connectivity index (χ0) is 20.5. The van der Waals surface area contributed by atoms with Crippen LogP contribution in [0.5, 0.6) is 5.75 Å². The van der Waals surface area contributed by atoms with E-state index in [0.29, 0.717) is 6.21 Å². The van der Waals surface area contributed by atoms with E-state index in [1.54, 1.807) is 0 Å². The van der Waals surface area contributed by atoms with Gasteiger partial charge in [0.25, 0.3) is 5.69 Å². The summed E-state index contributed by atoms with van der Waals surface area (Å²) in [7, 11) is 0. The number of alkyl halides is 3. The lowest BCUT2D eigenvalue weighted by Gasteiger charge is -2.13. The van der Waals surface area contributed by atoms with E-state index in [4.69, 9.17) is 0 Å². The fourth-order valence-corrected chi connectivity index (χ4v) is 1.90. The van der Waals surface area contributed by atoms with Crippen LogP contribution in [0.3, 0.4) is 0 Å². The van der Waals surface area contributed by atoms with Gasteiger partial charge >= 0.3 is 6.18 Å². The number of nitrogens with zero attached hydrogens (tertiary/aromatic N) is 2. The van der Waals surface area contributed by atoms with Gasteiger partial charge < -0.3 is 5.11 Å². The number of nitro benzene ring substituents is 1. The Hall–Kier alpha value is -3.38. The van der Waals surface area contributed by atoms with Gasteiger partial charge in [0, 0.05) is 17.7 Å². The Bertz CT molecular complexity index is 916. The third-order valence-electron chi connectivity index (χ3n) is 3.15. The highest BCUT2D eigenvalue weighted by molar-refractivity contribution is 5.85. The largest absolute Gasteiger partial charge is 0.507 e. The van der Waals surface area contributed by atoms with Gasteiger partial charge in [0.2, 0.25) is 0 Å². The maximum Gasteiger partial charge on any atom is 0.422 e. The second kappa shape index (κ2) is 7.09. The first-order valence-electron chi connectivity index (χ1n) is 6.64. The van der Waals surface area contributed by atoms with Crippen molar-refractivity contribution in [1.29, 1.82) is 0 Å². The molecule has 2 rings (SSSR count). The van der Waals surface area contributed by atoms with Crippen molar-refractivity contribution in [2.24, 2.45) is 5.10 Å². The van der Waals surface area contributed by atoms with Crippen molar-refractivity contribution < 1.29 is 40.8 Å². The molecule has 0 heterocycles. The predicted octanol–water partition coefficient (Wildman–Crippen LogP) is 4.32. The first kappa shape index (κ1) is 19.9. The Morgan fingerprint density at radius 3 is 2.11 bits per heavy atom. The fraction of sp³-hybridized carbons (Fsp3) is 0.0714. The number of phenols is 1. The van der Waals surface area contributed by atoms with Crippen LogP contribution in [0.15, 0.2) is 23.3 Å². The normalized spacial score (nSPS) is 11.8. The lowest BCUT2D eigenvalue weighted by atomic mass is 10.1. The second-order valence-corrected chi connectivity index (χ2v) is 4.87. The Balaban J connectivity index is 2.41. The average Bonchev–Trinajstić information content (AvgIpc) is 2.56. The number of nitrogens with one attached hydrogen (secondary N) is 1. The second-order valence-electron chi connectivity index (χ2n) is 4.87. The number of hydrogen-bond donors (Lipinski definition) is 2. The van der Waals surface area contributed by atoms with E-state index >= 15 is 0 Å². The minimum Gasteiger partial charge on any atom is -0.507 e. The van der Waals surface area contributed by atoms with Gasteiger partial charge in [0.15, 0.2) is 23.3 Å². The Kier molecular flexibility index (Phi) is 5.23. The standard InChI is InChI=1S/C14H6F7N3O3/c15-9-8(14(19,20)21)10(16)12(18)13(11(9)17)23-22-4-5-3-6(24(26)27)1-2-7(5)25/h1-4,23,25H/b22-4+. The molecule has 0 saturated carbocycles. The molecule has 0 saturated heterocycles. The molecule has 144 valence electrons.